The molecule has 0 aromatic carbocycles. The van der Waals surface area contributed by atoms with Crippen molar-refractivity contribution in [3.63, 3.8) is 0 Å². The largest absolute Gasteiger partial charge is 0.475 e. The van der Waals surface area contributed by atoms with Crippen LogP contribution in [-0.2, 0) is 6.54 Å². The number of hydrogen-bond donors (Lipinski definition) is 2. The third-order valence-electron chi connectivity index (χ3n) is 3.17. The van der Waals surface area contributed by atoms with Crippen molar-refractivity contribution < 1.29 is 19.4 Å². The molecule has 1 aliphatic heterocycles. The molecule has 1 unspecified atom stereocenters. The van der Waals surface area contributed by atoms with E-state index in [1.807, 2.05) is 0 Å². The van der Waals surface area contributed by atoms with Crippen LogP contribution in [0.4, 0.5) is 0 Å². The minimum absolute atomic E-state index is 0.0258. The van der Waals surface area contributed by atoms with Gasteiger partial charge < -0.3 is 14.6 Å². The molecule has 94 valence electrons. The maximum Gasteiger partial charge on any atom is 0.372 e. The number of nitrogens with zero attached hydrogens (tertiary/aromatic N) is 1. The molecule has 0 saturated carbocycles. The number of furan rings is 1. The Hall–Kier alpha value is -1.33. The highest BCUT2D eigenvalue weighted by Gasteiger charge is 2.23. The molecule has 0 radical (unpaired) electrons. The van der Waals surface area contributed by atoms with E-state index in [-0.39, 0.29) is 12.4 Å². The lowest BCUT2D eigenvalue weighted by molar-refractivity contribution is 0.0657. The molecule has 0 aliphatic carbocycles. The molecule has 1 fully saturated rings. The second kappa shape index (κ2) is 4.89. The first-order chi connectivity index (χ1) is 8.10. The van der Waals surface area contributed by atoms with Gasteiger partial charge in [0.1, 0.15) is 5.76 Å². The smallest absolute Gasteiger partial charge is 0.372 e. The summed E-state index contributed by atoms with van der Waals surface area (Å²) in [6.07, 6.45) is 0.988. The quantitative estimate of drug-likeness (QED) is 0.823. The predicted octanol–water partition coefficient (Wildman–Crippen LogP) is 1.10. The van der Waals surface area contributed by atoms with Crippen LogP contribution in [0.15, 0.2) is 10.5 Å². The Kier molecular flexibility index (Phi) is 3.49. The Morgan fingerprint density at radius 1 is 1.65 bits per heavy atom. The van der Waals surface area contributed by atoms with E-state index in [0.29, 0.717) is 23.8 Å². The maximum absolute atomic E-state index is 10.8. The molecule has 1 aliphatic rings. The Balaban J connectivity index is 2.00. The minimum Gasteiger partial charge on any atom is -0.475 e. The van der Waals surface area contributed by atoms with E-state index in [2.05, 4.69) is 4.90 Å². The molecule has 1 saturated heterocycles. The number of likely N-dealkylation sites (tertiary alicyclic amines) is 1. The standard InChI is InChI=1S/C12H17NO4/c1-8-4-10(17-11(8)12(15)16)6-13-3-2-9(5-13)7-14/h4,9,14H,2-3,5-7H2,1H3,(H,15,16). The summed E-state index contributed by atoms with van der Waals surface area (Å²) < 4.78 is 5.30. The van der Waals surface area contributed by atoms with Gasteiger partial charge in [-0.15, -0.1) is 0 Å². The van der Waals surface area contributed by atoms with Crippen LogP contribution in [0.2, 0.25) is 0 Å². The third-order valence-corrected chi connectivity index (χ3v) is 3.17. The Morgan fingerprint density at radius 2 is 2.41 bits per heavy atom. The number of carboxylic acids is 1. The van der Waals surface area contributed by atoms with Gasteiger partial charge in [0.2, 0.25) is 5.76 Å². The predicted molar refractivity (Wildman–Crippen MR) is 60.9 cm³/mol. The first-order valence-corrected chi connectivity index (χ1v) is 5.76. The summed E-state index contributed by atoms with van der Waals surface area (Å²) in [4.78, 5) is 13.0. The number of aromatic carboxylic acids is 1. The van der Waals surface area contributed by atoms with Gasteiger partial charge in [0.25, 0.3) is 0 Å². The fourth-order valence-electron chi connectivity index (χ4n) is 2.26. The van der Waals surface area contributed by atoms with E-state index in [1.54, 1.807) is 13.0 Å². The molecule has 2 rings (SSSR count). The fraction of sp³-hybridized carbons (Fsp3) is 0.583. The van der Waals surface area contributed by atoms with E-state index in [0.717, 1.165) is 19.5 Å². The highest BCUT2D eigenvalue weighted by Crippen LogP contribution is 2.21. The van der Waals surface area contributed by atoms with Gasteiger partial charge >= 0.3 is 5.97 Å². The zero-order valence-electron chi connectivity index (χ0n) is 9.85. The van der Waals surface area contributed by atoms with E-state index in [9.17, 15) is 4.79 Å². The summed E-state index contributed by atoms with van der Waals surface area (Å²) in [6.45, 7) is 4.33. The third kappa shape index (κ3) is 2.68. The van der Waals surface area contributed by atoms with Crippen molar-refractivity contribution in [1.29, 1.82) is 0 Å². The number of carbonyl (C=O) groups is 1. The van der Waals surface area contributed by atoms with Crippen molar-refractivity contribution in [2.45, 2.75) is 19.9 Å². The second-order valence-electron chi connectivity index (χ2n) is 4.60. The van der Waals surface area contributed by atoms with E-state index < -0.39 is 5.97 Å². The van der Waals surface area contributed by atoms with Gasteiger partial charge in [0.15, 0.2) is 0 Å². The van der Waals surface area contributed by atoms with E-state index in [1.165, 1.54) is 0 Å². The van der Waals surface area contributed by atoms with Gasteiger partial charge in [-0.2, -0.15) is 0 Å². The van der Waals surface area contributed by atoms with Crippen LogP contribution in [0, 0.1) is 12.8 Å². The zero-order valence-corrected chi connectivity index (χ0v) is 9.85. The van der Waals surface area contributed by atoms with Crippen LogP contribution in [0.3, 0.4) is 0 Å². The highest BCUT2D eigenvalue weighted by atomic mass is 16.4. The van der Waals surface area contributed by atoms with Crippen LogP contribution in [-0.4, -0.2) is 40.8 Å². The second-order valence-corrected chi connectivity index (χ2v) is 4.60. The molecule has 2 N–H and O–H groups in total. The summed E-state index contributed by atoms with van der Waals surface area (Å²) in [7, 11) is 0. The summed E-state index contributed by atoms with van der Waals surface area (Å²) in [6, 6.07) is 1.77. The number of rotatable bonds is 4. The SMILES string of the molecule is Cc1cc(CN2CCC(CO)C2)oc1C(=O)O. The molecular weight excluding hydrogens is 222 g/mol. The molecule has 2 heterocycles. The molecule has 0 bridgehead atoms. The monoisotopic (exact) mass is 239 g/mol. The highest BCUT2D eigenvalue weighted by molar-refractivity contribution is 5.86. The number of aliphatic hydroxyl groups is 1. The van der Waals surface area contributed by atoms with Crippen molar-refractivity contribution >= 4 is 5.97 Å². The van der Waals surface area contributed by atoms with Crippen molar-refractivity contribution in [3.05, 3.63) is 23.2 Å². The van der Waals surface area contributed by atoms with Crippen LogP contribution < -0.4 is 0 Å². The van der Waals surface area contributed by atoms with Crippen molar-refractivity contribution in [1.82, 2.24) is 4.90 Å². The van der Waals surface area contributed by atoms with Crippen molar-refractivity contribution in [2.24, 2.45) is 5.92 Å². The molecular formula is C12H17NO4. The normalized spacial score (nSPS) is 20.9. The molecule has 0 amide bonds. The molecule has 0 spiro atoms. The van der Waals surface area contributed by atoms with Gasteiger partial charge in [0, 0.05) is 18.7 Å². The van der Waals surface area contributed by atoms with Crippen LogP contribution >= 0.6 is 0 Å². The van der Waals surface area contributed by atoms with Gasteiger partial charge in [-0.3, -0.25) is 4.90 Å². The Bertz CT molecular complexity index is 413. The fourth-order valence-corrected chi connectivity index (χ4v) is 2.26. The molecule has 1 aromatic rings. The molecule has 17 heavy (non-hydrogen) atoms. The minimum atomic E-state index is -1.02. The van der Waals surface area contributed by atoms with Crippen molar-refractivity contribution in [2.75, 3.05) is 19.7 Å². The molecule has 5 nitrogen and oxygen atoms in total. The number of aryl methyl sites for hydroxylation is 1. The van der Waals surface area contributed by atoms with Gasteiger partial charge in [-0.1, -0.05) is 0 Å². The summed E-state index contributed by atoms with van der Waals surface area (Å²) in [5, 5.41) is 17.9. The van der Waals surface area contributed by atoms with Gasteiger partial charge in [-0.05, 0) is 31.9 Å². The summed E-state index contributed by atoms with van der Waals surface area (Å²) in [5.41, 5.74) is 0.658. The van der Waals surface area contributed by atoms with Gasteiger partial charge in [-0.25, -0.2) is 4.79 Å². The number of hydrogen-bond acceptors (Lipinski definition) is 4. The maximum atomic E-state index is 10.8. The molecule has 5 heteroatoms. The Labute approximate surface area is 99.6 Å². The van der Waals surface area contributed by atoms with E-state index >= 15 is 0 Å². The van der Waals surface area contributed by atoms with Crippen LogP contribution in [0.1, 0.15) is 28.3 Å². The lowest BCUT2D eigenvalue weighted by Gasteiger charge is -2.13. The molecule has 1 atom stereocenters. The first-order valence-electron chi connectivity index (χ1n) is 5.76. The summed E-state index contributed by atoms with van der Waals surface area (Å²) in [5.74, 6) is 0.0183. The summed E-state index contributed by atoms with van der Waals surface area (Å²) >= 11 is 0. The lowest BCUT2D eigenvalue weighted by atomic mass is 10.1. The van der Waals surface area contributed by atoms with Crippen LogP contribution in [0.5, 0.6) is 0 Å². The van der Waals surface area contributed by atoms with E-state index in [4.69, 9.17) is 14.6 Å². The number of aliphatic hydroxyl groups excluding tert-OH is 1. The average Bonchev–Trinajstić information content (AvgIpc) is 2.85. The first kappa shape index (κ1) is 12.1. The van der Waals surface area contributed by atoms with Crippen LogP contribution in [0.25, 0.3) is 0 Å². The average molecular weight is 239 g/mol. The lowest BCUT2D eigenvalue weighted by Crippen LogP contribution is -2.20. The number of carboxylic acid groups (broad SMARTS) is 1. The zero-order chi connectivity index (χ0) is 12.4. The Morgan fingerprint density at radius 3 is 2.94 bits per heavy atom. The molecule has 1 aromatic heterocycles. The topological polar surface area (TPSA) is 73.9 Å². The van der Waals surface area contributed by atoms with Crippen molar-refractivity contribution in [3.8, 4) is 0 Å². The van der Waals surface area contributed by atoms with Gasteiger partial charge in [0.05, 0.1) is 6.54 Å².